The van der Waals surface area contributed by atoms with Crippen molar-refractivity contribution in [1.82, 2.24) is 5.32 Å². The molecule has 0 bridgehead atoms. The molecule has 15 heavy (non-hydrogen) atoms. The fourth-order valence-electron chi connectivity index (χ4n) is 1.69. The highest BCUT2D eigenvalue weighted by molar-refractivity contribution is 5.94. The third-order valence-electron chi connectivity index (χ3n) is 2.56. The van der Waals surface area contributed by atoms with E-state index in [4.69, 9.17) is 5.73 Å². The Morgan fingerprint density at radius 1 is 1.53 bits per heavy atom. The molecule has 80 valence electrons. The highest BCUT2D eigenvalue weighted by Crippen LogP contribution is 2.20. The van der Waals surface area contributed by atoms with E-state index in [-0.39, 0.29) is 12.1 Å². The third-order valence-corrected chi connectivity index (χ3v) is 2.56. The van der Waals surface area contributed by atoms with Crippen molar-refractivity contribution in [1.29, 1.82) is 0 Å². The maximum atomic E-state index is 11.4. The Morgan fingerprint density at radius 3 is 2.93 bits per heavy atom. The van der Waals surface area contributed by atoms with Crippen molar-refractivity contribution < 1.29 is 4.79 Å². The number of anilines is 1. The molecule has 3 N–H and O–H groups in total. The number of nitrogens with two attached hydrogens (primary N) is 1. The zero-order valence-corrected chi connectivity index (χ0v) is 8.73. The molecule has 2 amide bonds. The van der Waals surface area contributed by atoms with Crippen LogP contribution in [-0.2, 0) is 0 Å². The number of carbonyl (C=O) groups excluding carboxylic acids is 1. The first-order valence-corrected chi connectivity index (χ1v) is 5.09. The lowest BCUT2D eigenvalue weighted by molar-refractivity contribution is 0.252. The first-order valence-electron chi connectivity index (χ1n) is 5.09. The number of carbonyl (C=O) groups is 1. The van der Waals surface area contributed by atoms with Crippen LogP contribution in [-0.4, -0.2) is 19.1 Å². The van der Waals surface area contributed by atoms with Gasteiger partial charge in [-0.05, 0) is 24.6 Å². The van der Waals surface area contributed by atoms with E-state index in [1.807, 2.05) is 31.2 Å². The molecule has 0 saturated carbocycles. The van der Waals surface area contributed by atoms with Crippen molar-refractivity contribution >= 4 is 11.7 Å². The zero-order chi connectivity index (χ0) is 10.8. The van der Waals surface area contributed by atoms with Crippen LogP contribution in [0.1, 0.15) is 18.5 Å². The van der Waals surface area contributed by atoms with Crippen LogP contribution < -0.4 is 16.0 Å². The maximum Gasteiger partial charge on any atom is 0.321 e. The van der Waals surface area contributed by atoms with E-state index < -0.39 is 0 Å². The molecule has 4 heteroatoms. The molecule has 1 fully saturated rings. The molecule has 0 radical (unpaired) electrons. The normalized spacial score (nSPS) is 17.7. The van der Waals surface area contributed by atoms with Gasteiger partial charge in [-0.15, -0.1) is 0 Å². The second-order valence-electron chi connectivity index (χ2n) is 3.77. The van der Waals surface area contributed by atoms with E-state index in [1.54, 1.807) is 4.90 Å². The summed E-state index contributed by atoms with van der Waals surface area (Å²) < 4.78 is 0. The molecule has 1 heterocycles. The summed E-state index contributed by atoms with van der Waals surface area (Å²) in [6, 6.07) is 7.76. The van der Waals surface area contributed by atoms with Gasteiger partial charge in [0.25, 0.3) is 0 Å². The smallest absolute Gasteiger partial charge is 0.321 e. The molecule has 0 aliphatic carbocycles. The number of amides is 2. The highest BCUT2D eigenvalue weighted by atomic mass is 16.2. The summed E-state index contributed by atoms with van der Waals surface area (Å²) in [7, 11) is 0. The average molecular weight is 205 g/mol. The van der Waals surface area contributed by atoms with Crippen LogP contribution in [0.25, 0.3) is 0 Å². The fourth-order valence-corrected chi connectivity index (χ4v) is 1.69. The van der Waals surface area contributed by atoms with Crippen molar-refractivity contribution in [3.05, 3.63) is 29.8 Å². The number of benzene rings is 1. The van der Waals surface area contributed by atoms with E-state index in [9.17, 15) is 4.79 Å². The summed E-state index contributed by atoms with van der Waals surface area (Å²) in [5, 5.41) is 2.77. The van der Waals surface area contributed by atoms with Crippen LogP contribution in [0.5, 0.6) is 0 Å². The Balaban J connectivity index is 2.28. The maximum absolute atomic E-state index is 11.4. The zero-order valence-electron chi connectivity index (χ0n) is 8.73. The van der Waals surface area contributed by atoms with E-state index >= 15 is 0 Å². The van der Waals surface area contributed by atoms with Gasteiger partial charge in [0.05, 0.1) is 0 Å². The number of hydrogen-bond acceptors (Lipinski definition) is 2. The van der Waals surface area contributed by atoms with Gasteiger partial charge in [-0.2, -0.15) is 0 Å². The number of nitrogens with zero attached hydrogens (tertiary/aromatic N) is 1. The molecular weight excluding hydrogens is 190 g/mol. The first-order chi connectivity index (χ1) is 7.18. The van der Waals surface area contributed by atoms with Crippen molar-refractivity contribution in [3.63, 3.8) is 0 Å². The molecule has 4 nitrogen and oxygen atoms in total. The predicted molar refractivity (Wildman–Crippen MR) is 59.8 cm³/mol. The van der Waals surface area contributed by atoms with Crippen LogP contribution in [0, 0.1) is 0 Å². The van der Waals surface area contributed by atoms with Crippen LogP contribution in [0.15, 0.2) is 24.3 Å². The second kappa shape index (κ2) is 3.90. The Labute approximate surface area is 89.1 Å². The SMILES string of the molecule is C[C@@H](N)c1cccc(N2CCNC2=O)c1. The topological polar surface area (TPSA) is 58.4 Å². The van der Waals surface area contributed by atoms with Gasteiger partial charge < -0.3 is 11.1 Å². The van der Waals surface area contributed by atoms with Crippen molar-refractivity contribution in [2.75, 3.05) is 18.0 Å². The second-order valence-corrected chi connectivity index (χ2v) is 3.77. The predicted octanol–water partition coefficient (Wildman–Crippen LogP) is 1.24. The van der Waals surface area contributed by atoms with E-state index in [2.05, 4.69) is 5.32 Å². The largest absolute Gasteiger partial charge is 0.336 e. The molecule has 2 rings (SSSR count). The molecule has 0 aromatic heterocycles. The first kappa shape index (κ1) is 9.98. The lowest BCUT2D eigenvalue weighted by Gasteiger charge is -2.16. The van der Waals surface area contributed by atoms with Crippen LogP contribution >= 0.6 is 0 Å². The highest BCUT2D eigenvalue weighted by Gasteiger charge is 2.21. The van der Waals surface area contributed by atoms with Crippen molar-refractivity contribution in [2.45, 2.75) is 13.0 Å². The third kappa shape index (κ3) is 1.94. The monoisotopic (exact) mass is 205 g/mol. The van der Waals surface area contributed by atoms with Gasteiger partial charge in [-0.3, -0.25) is 4.90 Å². The molecule has 1 aliphatic rings. The summed E-state index contributed by atoms with van der Waals surface area (Å²) in [6.45, 7) is 3.37. The molecular formula is C11H15N3O. The van der Waals surface area contributed by atoms with E-state index in [1.165, 1.54) is 0 Å². The summed E-state index contributed by atoms with van der Waals surface area (Å²) in [6.07, 6.45) is 0. The summed E-state index contributed by atoms with van der Waals surface area (Å²) in [4.78, 5) is 13.2. The summed E-state index contributed by atoms with van der Waals surface area (Å²) in [5.74, 6) is 0. The Hall–Kier alpha value is -1.55. The van der Waals surface area contributed by atoms with E-state index in [0.717, 1.165) is 17.8 Å². The van der Waals surface area contributed by atoms with Gasteiger partial charge in [-0.25, -0.2) is 4.79 Å². The van der Waals surface area contributed by atoms with Gasteiger partial charge in [0.2, 0.25) is 0 Å². The lowest BCUT2D eigenvalue weighted by Crippen LogP contribution is -2.27. The average Bonchev–Trinajstić information content (AvgIpc) is 2.64. The number of nitrogens with one attached hydrogen (secondary N) is 1. The Kier molecular flexibility index (Phi) is 2.60. The number of urea groups is 1. The minimum Gasteiger partial charge on any atom is -0.336 e. The van der Waals surface area contributed by atoms with Crippen molar-refractivity contribution in [2.24, 2.45) is 5.73 Å². The van der Waals surface area contributed by atoms with Gasteiger partial charge in [0.15, 0.2) is 0 Å². The number of rotatable bonds is 2. The molecule has 1 atom stereocenters. The minimum atomic E-state index is -0.0307. The van der Waals surface area contributed by atoms with E-state index in [0.29, 0.717) is 6.54 Å². The summed E-state index contributed by atoms with van der Waals surface area (Å²) in [5.41, 5.74) is 7.76. The Morgan fingerprint density at radius 2 is 2.33 bits per heavy atom. The molecule has 0 spiro atoms. The Bertz CT molecular complexity index is 376. The van der Waals surface area contributed by atoms with Gasteiger partial charge in [0, 0.05) is 24.8 Å². The van der Waals surface area contributed by atoms with Crippen LogP contribution in [0.2, 0.25) is 0 Å². The summed E-state index contributed by atoms with van der Waals surface area (Å²) >= 11 is 0. The van der Waals surface area contributed by atoms with Gasteiger partial charge in [0.1, 0.15) is 0 Å². The quantitative estimate of drug-likeness (QED) is 0.763. The molecule has 1 saturated heterocycles. The lowest BCUT2D eigenvalue weighted by atomic mass is 10.1. The molecule has 1 aliphatic heterocycles. The molecule has 1 aromatic carbocycles. The van der Waals surface area contributed by atoms with Crippen LogP contribution in [0.3, 0.4) is 0 Å². The van der Waals surface area contributed by atoms with Gasteiger partial charge >= 0.3 is 6.03 Å². The van der Waals surface area contributed by atoms with Gasteiger partial charge in [-0.1, -0.05) is 12.1 Å². The molecule has 0 unspecified atom stereocenters. The minimum absolute atomic E-state index is 0.00406. The van der Waals surface area contributed by atoms with Crippen LogP contribution in [0.4, 0.5) is 10.5 Å². The number of hydrogen-bond donors (Lipinski definition) is 2. The standard InChI is InChI=1S/C11H15N3O/c1-8(12)9-3-2-4-10(7-9)14-6-5-13-11(14)15/h2-4,7-8H,5-6,12H2,1H3,(H,13,15)/t8-/m1/s1. The fraction of sp³-hybridized carbons (Fsp3) is 0.364. The van der Waals surface area contributed by atoms with Crippen molar-refractivity contribution in [3.8, 4) is 0 Å². The molecule has 1 aromatic rings.